The Hall–Kier alpha value is -1.38. The van der Waals surface area contributed by atoms with Gasteiger partial charge in [0, 0.05) is 0 Å². The Morgan fingerprint density at radius 3 is 2.30 bits per heavy atom. The van der Waals surface area contributed by atoms with Gasteiger partial charge in [-0.05, 0) is 29.5 Å². The van der Waals surface area contributed by atoms with Gasteiger partial charge in [0.15, 0.2) is 0 Å². The molecule has 0 heterocycles. The maximum atomic E-state index is 12.4. The van der Waals surface area contributed by atoms with Crippen LogP contribution in [0.3, 0.4) is 0 Å². The molecule has 0 aliphatic heterocycles. The maximum Gasteiger partial charge on any atom is 0.312 e. The highest BCUT2D eigenvalue weighted by Gasteiger charge is 2.53. The smallest absolute Gasteiger partial charge is 0.312 e. The molecule has 0 fully saturated rings. The summed E-state index contributed by atoms with van der Waals surface area (Å²) in [5.74, 6) is -2.76. The predicted octanol–water partition coefficient (Wildman–Crippen LogP) is 6.63. The van der Waals surface area contributed by atoms with Gasteiger partial charge in [-0.2, -0.15) is 5.26 Å². The number of benzene rings is 1. The molecule has 1 rings (SSSR count). The van der Waals surface area contributed by atoms with Crippen molar-refractivity contribution in [1.82, 2.24) is 0 Å². The average Bonchev–Trinajstić information content (AvgIpc) is 2.56. The monoisotopic (exact) mass is 449 g/mol. The molecule has 1 aromatic rings. The molecule has 0 aliphatic carbocycles. The molecule has 1 aromatic carbocycles. The Kier molecular flexibility index (Phi) is 8.98. The largest absolute Gasteiger partial charge is 0.481 e. The van der Waals surface area contributed by atoms with Crippen LogP contribution in [0.1, 0.15) is 32.3 Å². The van der Waals surface area contributed by atoms with Crippen molar-refractivity contribution < 1.29 is 14.6 Å². The fourth-order valence-corrected chi connectivity index (χ4v) is 3.82. The van der Waals surface area contributed by atoms with Crippen LogP contribution in [-0.4, -0.2) is 11.1 Å². The fraction of sp³-hybridized carbons (Fsp3) is 0.368. The Bertz CT molecular complexity index is 777. The van der Waals surface area contributed by atoms with Crippen LogP contribution < -0.4 is 4.74 Å². The molecule has 0 saturated heterocycles. The molecule has 8 heteroatoms. The molecule has 0 spiro atoms. The van der Waals surface area contributed by atoms with Crippen LogP contribution in [0.15, 0.2) is 45.6 Å². The van der Waals surface area contributed by atoms with Gasteiger partial charge in [0.2, 0.25) is 0 Å². The number of ether oxygens (including phenoxy) is 1. The SMILES string of the molecule is CC(C)C(C(=O)O)(C(C)C=C(Cl)Cl)C(C#N)c1cccc(OC=C(Cl)Cl)c1. The minimum absolute atomic E-state index is 0.0514. The molecule has 27 heavy (non-hydrogen) atoms. The minimum Gasteiger partial charge on any atom is -0.481 e. The second kappa shape index (κ2) is 10.2. The van der Waals surface area contributed by atoms with Crippen LogP contribution in [0.4, 0.5) is 0 Å². The molecule has 146 valence electrons. The van der Waals surface area contributed by atoms with Crippen molar-refractivity contribution >= 4 is 52.4 Å². The zero-order chi connectivity index (χ0) is 20.8. The summed E-state index contributed by atoms with van der Waals surface area (Å²) in [6.07, 6.45) is 2.58. The zero-order valence-corrected chi connectivity index (χ0v) is 17.9. The zero-order valence-electron chi connectivity index (χ0n) is 14.9. The van der Waals surface area contributed by atoms with E-state index in [1.165, 1.54) is 6.08 Å². The van der Waals surface area contributed by atoms with Gasteiger partial charge in [-0.25, -0.2) is 0 Å². The van der Waals surface area contributed by atoms with Gasteiger partial charge in [0.1, 0.15) is 21.0 Å². The second-order valence-corrected chi connectivity index (χ2v) is 8.31. The van der Waals surface area contributed by atoms with Crippen LogP contribution >= 0.6 is 46.4 Å². The van der Waals surface area contributed by atoms with Gasteiger partial charge in [-0.1, -0.05) is 85.4 Å². The summed E-state index contributed by atoms with van der Waals surface area (Å²) in [4.78, 5) is 12.4. The van der Waals surface area contributed by atoms with Crippen molar-refractivity contribution in [2.75, 3.05) is 0 Å². The number of hydrogen-bond donors (Lipinski definition) is 1. The number of nitrogens with zero attached hydrogens (tertiary/aromatic N) is 1. The number of halogens is 4. The van der Waals surface area contributed by atoms with Crippen molar-refractivity contribution in [1.29, 1.82) is 5.26 Å². The normalized spacial score (nSPS) is 15.1. The summed E-state index contributed by atoms with van der Waals surface area (Å²) in [6.45, 7) is 5.18. The third kappa shape index (κ3) is 5.56. The van der Waals surface area contributed by atoms with E-state index in [2.05, 4.69) is 6.07 Å². The summed E-state index contributed by atoms with van der Waals surface area (Å²) in [7, 11) is 0. The number of carbonyl (C=O) groups is 1. The number of rotatable bonds is 8. The van der Waals surface area contributed by atoms with E-state index in [-0.39, 0.29) is 8.98 Å². The summed E-state index contributed by atoms with van der Waals surface area (Å²) in [5.41, 5.74) is -0.987. The lowest BCUT2D eigenvalue weighted by molar-refractivity contribution is -0.155. The first-order valence-electron chi connectivity index (χ1n) is 8.00. The van der Waals surface area contributed by atoms with Gasteiger partial charge >= 0.3 is 5.97 Å². The van der Waals surface area contributed by atoms with E-state index in [4.69, 9.17) is 51.1 Å². The molecule has 0 amide bonds. The van der Waals surface area contributed by atoms with E-state index in [0.717, 1.165) is 6.26 Å². The molecular weight excluding hydrogens is 432 g/mol. The van der Waals surface area contributed by atoms with Gasteiger partial charge in [-0.15, -0.1) is 0 Å². The number of carboxylic acids is 1. The topological polar surface area (TPSA) is 70.3 Å². The molecule has 4 nitrogen and oxygen atoms in total. The Morgan fingerprint density at radius 2 is 1.85 bits per heavy atom. The van der Waals surface area contributed by atoms with Gasteiger partial charge in [-0.3, -0.25) is 4.79 Å². The number of allylic oxidation sites excluding steroid dienone is 1. The van der Waals surface area contributed by atoms with Crippen molar-refractivity contribution in [3.8, 4) is 11.8 Å². The lowest BCUT2D eigenvalue weighted by Crippen LogP contribution is -2.46. The quantitative estimate of drug-likeness (QED) is 0.451. The van der Waals surface area contributed by atoms with Crippen LogP contribution in [0.2, 0.25) is 0 Å². The number of carboxylic acid groups (broad SMARTS) is 1. The lowest BCUT2D eigenvalue weighted by Gasteiger charge is -2.41. The third-order valence-corrected chi connectivity index (χ3v) is 4.97. The third-order valence-electron chi connectivity index (χ3n) is 4.54. The van der Waals surface area contributed by atoms with E-state index in [1.54, 1.807) is 45.0 Å². The first-order valence-corrected chi connectivity index (χ1v) is 9.52. The second-order valence-electron chi connectivity index (χ2n) is 6.30. The first-order chi connectivity index (χ1) is 12.6. The molecular formula is C19H19Cl4NO3. The van der Waals surface area contributed by atoms with Crippen molar-refractivity contribution in [2.45, 2.75) is 26.7 Å². The van der Waals surface area contributed by atoms with Crippen LogP contribution in [0.5, 0.6) is 5.75 Å². The molecule has 0 bridgehead atoms. The highest BCUT2D eigenvalue weighted by molar-refractivity contribution is 6.56. The highest BCUT2D eigenvalue weighted by Crippen LogP contribution is 2.49. The number of aliphatic carboxylic acids is 1. The van der Waals surface area contributed by atoms with Crippen molar-refractivity contribution in [3.63, 3.8) is 0 Å². The van der Waals surface area contributed by atoms with Crippen LogP contribution in [-0.2, 0) is 4.79 Å². The van der Waals surface area contributed by atoms with E-state index in [0.29, 0.717) is 11.3 Å². The van der Waals surface area contributed by atoms with Gasteiger partial charge in [0.05, 0.1) is 17.4 Å². The molecule has 0 saturated carbocycles. The summed E-state index contributed by atoms with van der Waals surface area (Å²) < 4.78 is 5.20. The van der Waals surface area contributed by atoms with E-state index in [1.807, 2.05) is 0 Å². The maximum absolute atomic E-state index is 12.4. The average molecular weight is 451 g/mol. The minimum atomic E-state index is -1.47. The van der Waals surface area contributed by atoms with Crippen LogP contribution in [0.25, 0.3) is 0 Å². The standard InChI is InChI=1S/C19H19Cl4NO3/c1-11(2)19(18(25)26,12(3)7-16(20)21)15(9-24)13-5-4-6-14(8-13)27-10-17(22)23/h4-8,10-12,15H,1-3H3,(H,25,26). The molecule has 1 N–H and O–H groups in total. The van der Waals surface area contributed by atoms with E-state index in [9.17, 15) is 15.2 Å². The van der Waals surface area contributed by atoms with E-state index < -0.39 is 29.1 Å². The first kappa shape index (κ1) is 23.7. The Morgan fingerprint density at radius 1 is 1.22 bits per heavy atom. The molecule has 0 radical (unpaired) electrons. The number of hydrogen-bond acceptors (Lipinski definition) is 3. The van der Waals surface area contributed by atoms with Gasteiger partial charge in [0.25, 0.3) is 0 Å². The lowest BCUT2D eigenvalue weighted by atomic mass is 9.59. The van der Waals surface area contributed by atoms with E-state index >= 15 is 0 Å². The molecule has 0 aliphatic rings. The fourth-order valence-electron chi connectivity index (χ4n) is 3.35. The van der Waals surface area contributed by atoms with Crippen molar-refractivity contribution in [3.05, 3.63) is 51.1 Å². The molecule has 3 unspecified atom stereocenters. The number of nitriles is 1. The van der Waals surface area contributed by atoms with Crippen molar-refractivity contribution in [2.24, 2.45) is 17.3 Å². The Balaban J connectivity index is 3.58. The Labute approximate surface area is 178 Å². The summed E-state index contributed by atoms with van der Waals surface area (Å²) >= 11 is 22.6. The predicted molar refractivity (Wildman–Crippen MR) is 109 cm³/mol. The highest BCUT2D eigenvalue weighted by atomic mass is 35.5. The van der Waals surface area contributed by atoms with Crippen LogP contribution in [0, 0.1) is 28.6 Å². The summed E-state index contributed by atoms with van der Waals surface area (Å²) in [6, 6.07) is 8.70. The summed E-state index contributed by atoms with van der Waals surface area (Å²) in [5, 5.41) is 20.1. The van der Waals surface area contributed by atoms with Gasteiger partial charge < -0.3 is 9.84 Å². The molecule has 0 aromatic heterocycles. The molecule has 3 atom stereocenters.